The third-order valence-corrected chi connectivity index (χ3v) is 3.21. The number of hydrogen-bond donors (Lipinski definition) is 2. The molecule has 2 aromatic heterocycles. The van der Waals surface area contributed by atoms with Gasteiger partial charge in [0.1, 0.15) is 0 Å². The summed E-state index contributed by atoms with van der Waals surface area (Å²) in [6.07, 6.45) is 9.47. The topological polar surface area (TPSA) is 89.7 Å². The summed E-state index contributed by atoms with van der Waals surface area (Å²) in [5, 5.41) is 13.7. The van der Waals surface area contributed by atoms with Gasteiger partial charge in [0, 0.05) is 31.2 Å². The van der Waals surface area contributed by atoms with E-state index in [2.05, 4.69) is 25.8 Å². The van der Waals surface area contributed by atoms with Crippen molar-refractivity contribution in [2.75, 3.05) is 11.9 Å². The van der Waals surface area contributed by atoms with Crippen LogP contribution in [-0.4, -0.2) is 37.1 Å². The highest BCUT2D eigenvalue weighted by Gasteiger charge is 2.02. The molecule has 3 rings (SSSR count). The zero-order valence-electron chi connectivity index (χ0n) is 12.5. The van der Waals surface area contributed by atoms with Crippen molar-refractivity contribution < 1.29 is 4.79 Å². The molecule has 3 aromatic rings. The predicted molar refractivity (Wildman–Crippen MR) is 85.2 cm³/mol. The van der Waals surface area contributed by atoms with Gasteiger partial charge in [-0.05, 0) is 30.7 Å². The number of aryl methyl sites for hydroxylation is 1. The largest absolute Gasteiger partial charge is 0.338 e. The molecule has 0 fully saturated rings. The van der Waals surface area contributed by atoms with Crippen molar-refractivity contribution in [3.63, 3.8) is 0 Å². The second kappa shape index (κ2) is 7.21. The Morgan fingerprint density at radius 3 is 2.57 bits per heavy atom. The van der Waals surface area contributed by atoms with Crippen LogP contribution in [0.4, 0.5) is 10.5 Å². The quantitative estimate of drug-likeness (QED) is 0.678. The number of rotatable bonds is 6. The Kier molecular flexibility index (Phi) is 4.63. The van der Waals surface area contributed by atoms with Gasteiger partial charge in [-0.1, -0.05) is 0 Å². The molecule has 0 atom stereocenters. The molecule has 2 amide bonds. The van der Waals surface area contributed by atoms with E-state index in [1.54, 1.807) is 24.9 Å². The summed E-state index contributed by atoms with van der Waals surface area (Å²) in [7, 11) is 0. The minimum Gasteiger partial charge on any atom is -0.338 e. The molecule has 118 valence electrons. The molecule has 0 aliphatic heterocycles. The van der Waals surface area contributed by atoms with E-state index in [-0.39, 0.29) is 6.03 Å². The number of imidazole rings is 1. The molecule has 8 nitrogen and oxygen atoms in total. The fourth-order valence-electron chi connectivity index (χ4n) is 2.09. The Morgan fingerprint density at radius 1 is 1.09 bits per heavy atom. The number of nitrogens with zero attached hydrogens (tertiary/aromatic N) is 5. The number of anilines is 1. The van der Waals surface area contributed by atoms with Gasteiger partial charge in [-0.15, -0.1) is 0 Å². The predicted octanol–water partition coefficient (Wildman–Crippen LogP) is 1.68. The Morgan fingerprint density at radius 2 is 1.87 bits per heavy atom. The van der Waals surface area contributed by atoms with Gasteiger partial charge in [0.25, 0.3) is 0 Å². The molecular weight excluding hydrogens is 294 g/mol. The van der Waals surface area contributed by atoms with E-state index in [9.17, 15) is 4.79 Å². The molecule has 23 heavy (non-hydrogen) atoms. The average Bonchev–Trinajstić information content (AvgIpc) is 3.26. The summed E-state index contributed by atoms with van der Waals surface area (Å²) >= 11 is 0. The van der Waals surface area contributed by atoms with Crippen molar-refractivity contribution in [1.82, 2.24) is 29.9 Å². The summed E-state index contributed by atoms with van der Waals surface area (Å²) in [6.45, 7) is 1.42. The van der Waals surface area contributed by atoms with Crippen molar-refractivity contribution >= 4 is 11.7 Å². The van der Waals surface area contributed by atoms with Crippen LogP contribution in [0.3, 0.4) is 0 Å². The third-order valence-electron chi connectivity index (χ3n) is 3.21. The van der Waals surface area contributed by atoms with Crippen molar-refractivity contribution in [2.45, 2.75) is 13.0 Å². The fourth-order valence-corrected chi connectivity index (χ4v) is 2.09. The molecule has 0 unspecified atom stereocenters. The van der Waals surface area contributed by atoms with Crippen LogP contribution < -0.4 is 10.6 Å². The number of carbonyl (C=O) groups is 1. The van der Waals surface area contributed by atoms with Gasteiger partial charge >= 0.3 is 6.03 Å². The number of aromatic nitrogens is 5. The normalized spacial score (nSPS) is 10.4. The summed E-state index contributed by atoms with van der Waals surface area (Å²) in [6, 6.07) is 7.08. The van der Waals surface area contributed by atoms with Crippen LogP contribution in [0.25, 0.3) is 5.69 Å². The maximum Gasteiger partial charge on any atom is 0.319 e. The Bertz CT molecular complexity index is 720. The van der Waals surface area contributed by atoms with Crippen molar-refractivity contribution in [3.8, 4) is 5.69 Å². The number of benzene rings is 1. The highest BCUT2D eigenvalue weighted by Crippen LogP contribution is 2.11. The van der Waals surface area contributed by atoms with Crippen molar-refractivity contribution in [1.29, 1.82) is 0 Å². The molecule has 2 N–H and O–H groups in total. The summed E-state index contributed by atoms with van der Waals surface area (Å²) < 4.78 is 1.97. The molecule has 2 heterocycles. The number of hydrogen-bond acceptors (Lipinski definition) is 4. The zero-order valence-corrected chi connectivity index (χ0v) is 12.5. The van der Waals surface area contributed by atoms with E-state index < -0.39 is 0 Å². The number of urea groups is 1. The summed E-state index contributed by atoms with van der Waals surface area (Å²) in [5.74, 6) is 0. The SMILES string of the molecule is O=C(NCCCn1ccnc1)Nc1ccc(-n2nccn2)cc1. The van der Waals surface area contributed by atoms with Crippen LogP contribution in [0.1, 0.15) is 6.42 Å². The van der Waals surface area contributed by atoms with Crippen LogP contribution in [-0.2, 0) is 6.54 Å². The maximum atomic E-state index is 11.8. The molecule has 8 heteroatoms. The lowest BCUT2D eigenvalue weighted by atomic mass is 10.3. The highest BCUT2D eigenvalue weighted by atomic mass is 16.2. The lowest BCUT2D eigenvalue weighted by Gasteiger charge is -2.08. The molecule has 0 bridgehead atoms. The van der Waals surface area contributed by atoms with Gasteiger partial charge in [-0.2, -0.15) is 15.0 Å². The maximum absolute atomic E-state index is 11.8. The van der Waals surface area contributed by atoms with Gasteiger partial charge < -0.3 is 15.2 Å². The van der Waals surface area contributed by atoms with Crippen LogP contribution in [0, 0.1) is 0 Å². The van der Waals surface area contributed by atoms with Crippen LogP contribution in [0.2, 0.25) is 0 Å². The van der Waals surface area contributed by atoms with Gasteiger partial charge in [0.15, 0.2) is 0 Å². The van der Waals surface area contributed by atoms with Crippen molar-refractivity contribution in [3.05, 3.63) is 55.4 Å². The number of nitrogens with one attached hydrogen (secondary N) is 2. The van der Waals surface area contributed by atoms with E-state index in [4.69, 9.17) is 0 Å². The molecule has 1 aromatic carbocycles. The fraction of sp³-hybridized carbons (Fsp3) is 0.200. The van der Waals surface area contributed by atoms with Gasteiger partial charge in [0.2, 0.25) is 0 Å². The van der Waals surface area contributed by atoms with E-state index in [1.807, 2.05) is 35.0 Å². The first-order chi connectivity index (χ1) is 11.3. The van der Waals surface area contributed by atoms with Gasteiger partial charge in [-0.25, -0.2) is 9.78 Å². The smallest absolute Gasteiger partial charge is 0.319 e. The second-order valence-corrected chi connectivity index (χ2v) is 4.90. The molecule has 0 aliphatic rings. The minimum absolute atomic E-state index is 0.222. The zero-order chi connectivity index (χ0) is 15.9. The monoisotopic (exact) mass is 311 g/mol. The lowest BCUT2D eigenvalue weighted by molar-refractivity contribution is 0.252. The van der Waals surface area contributed by atoms with Crippen LogP contribution in [0.15, 0.2) is 55.4 Å². The van der Waals surface area contributed by atoms with Gasteiger partial charge in [0.05, 0.1) is 24.4 Å². The van der Waals surface area contributed by atoms with Crippen LogP contribution >= 0.6 is 0 Å². The van der Waals surface area contributed by atoms with Gasteiger partial charge in [-0.3, -0.25) is 0 Å². The second-order valence-electron chi connectivity index (χ2n) is 4.90. The molecular formula is C15H17N7O. The summed E-state index contributed by atoms with van der Waals surface area (Å²) in [4.78, 5) is 17.3. The Hall–Kier alpha value is -3.16. The summed E-state index contributed by atoms with van der Waals surface area (Å²) in [5.41, 5.74) is 1.55. The average molecular weight is 311 g/mol. The Labute approximate surface area is 133 Å². The Balaban J connectivity index is 1.42. The lowest BCUT2D eigenvalue weighted by Crippen LogP contribution is -2.30. The van der Waals surface area contributed by atoms with E-state index >= 15 is 0 Å². The van der Waals surface area contributed by atoms with Crippen LogP contribution in [0.5, 0.6) is 0 Å². The molecule has 0 saturated carbocycles. The molecule has 0 saturated heterocycles. The third kappa shape index (κ3) is 4.16. The minimum atomic E-state index is -0.222. The molecule has 0 aliphatic carbocycles. The van der Waals surface area contributed by atoms with E-state index in [0.29, 0.717) is 12.2 Å². The van der Waals surface area contributed by atoms with Crippen molar-refractivity contribution in [2.24, 2.45) is 0 Å². The van der Waals surface area contributed by atoms with E-state index in [1.165, 1.54) is 4.80 Å². The number of amides is 2. The highest BCUT2D eigenvalue weighted by molar-refractivity contribution is 5.89. The van der Waals surface area contributed by atoms with E-state index in [0.717, 1.165) is 18.7 Å². The standard InChI is InChI=1S/C15H17N7O/c23-15(17-6-1-10-21-11-9-16-12-21)20-13-2-4-14(5-3-13)22-18-7-8-19-22/h2-5,7-9,11-12H,1,6,10H2,(H2,17,20,23). The molecule has 0 radical (unpaired) electrons. The first-order valence-corrected chi connectivity index (χ1v) is 7.28. The number of carbonyl (C=O) groups excluding carboxylic acids is 1. The first-order valence-electron chi connectivity index (χ1n) is 7.28. The first kappa shape index (κ1) is 14.8. The molecule has 0 spiro atoms.